The van der Waals surface area contributed by atoms with E-state index >= 15 is 0 Å². The Morgan fingerprint density at radius 1 is 0.208 bits per heavy atom. The van der Waals surface area contributed by atoms with Crippen LogP contribution in [-0.2, 0) is 0 Å². The van der Waals surface area contributed by atoms with Gasteiger partial charge in [-0.05, 0) is 121 Å². The van der Waals surface area contributed by atoms with E-state index in [0.717, 1.165) is 112 Å². The van der Waals surface area contributed by atoms with Gasteiger partial charge < -0.3 is 27.5 Å². The Kier molecular flexibility index (Phi) is 9.74. The molecule has 0 saturated heterocycles. The zero-order valence-corrected chi connectivity index (χ0v) is 38.8. The summed E-state index contributed by atoms with van der Waals surface area (Å²) < 4.78 is 28.4. The Morgan fingerprint density at radius 2 is 0.417 bits per heavy atom. The maximum absolute atomic E-state index is 7.17. The molecule has 0 spiro atoms. The highest BCUT2D eigenvalue weighted by atomic mass is 16.4. The first-order chi connectivity index (χ1) is 35.7. The maximum atomic E-state index is 7.17. The van der Waals surface area contributed by atoms with Crippen molar-refractivity contribution >= 4 is 88.8 Å². The van der Waals surface area contributed by atoms with Crippen LogP contribution in [0.3, 0.4) is 0 Å². The van der Waals surface area contributed by atoms with Crippen molar-refractivity contribution in [2.24, 2.45) is 0 Å². The van der Waals surface area contributed by atoms with Crippen LogP contribution in [0.5, 0.6) is 0 Å². The molecule has 0 aliphatic carbocycles. The fourth-order valence-corrected chi connectivity index (χ4v) is 10.3. The van der Waals surface area contributed by atoms with Crippen molar-refractivity contribution in [2.45, 2.75) is 0 Å². The van der Waals surface area contributed by atoms with E-state index in [-0.39, 0.29) is 0 Å². The van der Waals surface area contributed by atoms with Gasteiger partial charge in [-0.3, -0.25) is 0 Å². The number of rotatable bonds is 10. The molecule has 4 aromatic heterocycles. The van der Waals surface area contributed by atoms with Crippen molar-refractivity contribution in [3.05, 3.63) is 255 Å². The van der Waals surface area contributed by atoms with Gasteiger partial charge in [0.1, 0.15) is 45.4 Å². The quantitative estimate of drug-likeness (QED) is 0.136. The third kappa shape index (κ3) is 6.96. The van der Waals surface area contributed by atoms with Crippen LogP contribution in [-0.4, -0.2) is 0 Å². The Labute approximate surface area is 414 Å². The van der Waals surface area contributed by atoms with Gasteiger partial charge in [0, 0.05) is 77.9 Å². The van der Waals surface area contributed by atoms with Crippen LogP contribution in [0.4, 0.5) is 34.1 Å². The number of fused-ring (bicyclic) bond motifs is 11. The zero-order valence-electron chi connectivity index (χ0n) is 38.8. The highest BCUT2D eigenvalue weighted by Gasteiger charge is 2.28. The van der Waals surface area contributed by atoms with E-state index in [1.54, 1.807) is 0 Å². The summed E-state index contributed by atoms with van der Waals surface area (Å²) in [5.74, 6) is 2.94. The van der Waals surface area contributed by atoms with E-state index in [1.165, 1.54) is 0 Å². The Morgan fingerprint density at radius 3 is 0.667 bits per heavy atom. The van der Waals surface area contributed by atoms with Gasteiger partial charge in [-0.2, -0.15) is 0 Å². The van der Waals surface area contributed by atoms with Crippen LogP contribution < -0.4 is 9.80 Å². The summed E-state index contributed by atoms with van der Waals surface area (Å²) in [6.07, 6.45) is 0. The zero-order chi connectivity index (χ0) is 47.5. The van der Waals surface area contributed by atoms with Gasteiger partial charge in [-0.15, -0.1) is 0 Å². The molecule has 0 aliphatic rings. The summed E-state index contributed by atoms with van der Waals surface area (Å²) in [6, 6.07) is 87.9. The number of furan rings is 4. The molecular formula is C66H42N2O4. The van der Waals surface area contributed by atoms with E-state index in [9.17, 15) is 0 Å². The largest absolute Gasteiger partial charge is 0.455 e. The van der Waals surface area contributed by atoms with Gasteiger partial charge in [-0.1, -0.05) is 133 Å². The van der Waals surface area contributed by atoms with E-state index in [1.807, 2.05) is 60.7 Å². The van der Waals surface area contributed by atoms with Gasteiger partial charge in [0.2, 0.25) is 0 Å². The molecule has 4 heterocycles. The fourth-order valence-electron chi connectivity index (χ4n) is 10.3. The SMILES string of the molecule is c1ccc(-c2cc3c4cc(-c5ccc(N(c6ccccc6)c6ccccc6)cc5)oc4c4c5oc(-c6ccccc6)cc5c5cc(-c6ccc(N(c7ccccc7)c7ccccc7)cc6)oc5c4c3o2)cc1. The van der Waals surface area contributed by atoms with E-state index in [4.69, 9.17) is 17.7 Å². The minimum absolute atomic E-state index is 0.692. The van der Waals surface area contributed by atoms with Crippen molar-refractivity contribution in [3.8, 4) is 45.3 Å². The minimum atomic E-state index is 0.692. The molecule has 0 saturated carbocycles. The van der Waals surface area contributed by atoms with Gasteiger partial charge in [0.05, 0.1) is 10.8 Å². The molecule has 0 unspecified atom stereocenters. The normalized spacial score (nSPS) is 11.6. The molecule has 0 radical (unpaired) electrons. The topological polar surface area (TPSA) is 59.0 Å². The molecule has 0 aliphatic heterocycles. The Balaban J connectivity index is 0.982. The first kappa shape index (κ1) is 41.2. The molecular weight excluding hydrogens is 885 g/mol. The second-order valence-electron chi connectivity index (χ2n) is 18.0. The van der Waals surface area contributed by atoms with Gasteiger partial charge in [0.25, 0.3) is 0 Å². The predicted molar refractivity (Wildman–Crippen MR) is 294 cm³/mol. The first-order valence-electron chi connectivity index (χ1n) is 24.1. The molecule has 72 heavy (non-hydrogen) atoms. The number of hydrogen-bond donors (Lipinski definition) is 0. The third-order valence-electron chi connectivity index (χ3n) is 13.7. The number of benzene rings is 10. The van der Waals surface area contributed by atoms with E-state index in [0.29, 0.717) is 22.3 Å². The number of para-hydroxylation sites is 4. The van der Waals surface area contributed by atoms with Gasteiger partial charge in [0.15, 0.2) is 0 Å². The summed E-state index contributed by atoms with van der Waals surface area (Å²) in [6.45, 7) is 0. The molecule has 6 nitrogen and oxygen atoms in total. The summed E-state index contributed by atoms with van der Waals surface area (Å²) in [5, 5.41) is 5.25. The molecule has 14 rings (SSSR count). The van der Waals surface area contributed by atoms with E-state index in [2.05, 4.69) is 204 Å². The lowest BCUT2D eigenvalue weighted by Gasteiger charge is -2.25. The molecule has 0 amide bonds. The lowest BCUT2D eigenvalue weighted by Crippen LogP contribution is -2.09. The fraction of sp³-hybridized carbons (Fsp3) is 0. The summed E-state index contributed by atoms with van der Waals surface area (Å²) in [7, 11) is 0. The number of hydrogen-bond acceptors (Lipinski definition) is 6. The van der Waals surface area contributed by atoms with Crippen molar-refractivity contribution in [1.29, 1.82) is 0 Å². The summed E-state index contributed by atoms with van der Waals surface area (Å²) in [4.78, 5) is 4.52. The van der Waals surface area contributed by atoms with Crippen LogP contribution >= 0.6 is 0 Å². The standard InChI is InChI=1S/C66H42N2O4/c1-7-19-43(20-8-1)57-39-53-55-41-59(45-31-35-51(36-32-45)67(47-23-11-3-12-24-47)48-25-13-4-14-26-48)71-65(55)62-61(63(53)69-57)66-56(54-40-58(70-64(54)62)44-21-9-2-10-22-44)42-60(72-66)46-33-37-52(38-34-46)68(49-27-15-5-16-28-49)50-29-17-6-18-30-50/h1-42H. The molecule has 6 heteroatoms. The van der Waals surface area contributed by atoms with Crippen LogP contribution in [0.2, 0.25) is 0 Å². The Bertz CT molecular complexity index is 3860. The second-order valence-corrected chi connectivity index (χ2v) is 18.0. The minimum Gasteiger partial charge on any atom is -0.455 e. The van der Waals surface area contributed by atoms with Crippen molar-refractivity contribution in [1.82, 2.24) is 0 Å². The maximum Gasteiger partial charge on any atom is 0.147 e. The van der Waals surface area contributed by atoms with Crippen molar-refractivity contribution in [2.75, 3.05) is 9.80 Å². The van der Waals surface area contributed by atoms with Crippen molar-refractivity contribution in [3.63, 3.8) is 0 Å². The third-order valence-corrected chi connectivity index (χ3v) is 13.7. The predicted octanol–water partition coefficient (Wildman–Crippen LogP) is 19.4. The molecule has 0 atom stereocenters. The van der Waals surface area contributed by atoms with Crippen molar-refractivity contribution < 1.29 is 17.7 Å². The van der Waals surface area contributed by atoms with Gasteiger partial charge in [-0.25, -0.2) is 0 Å². The average molecular weight is 927 g/mol. The van der Waals surface area contributed by atoms with Crippen LogP contribution in [0, 0.1) is 0 Å². The second kappa shape index (κ2) is 17.0. The van der Waals surface area contributed by atoms with Crippen LogP contribution in [0.25, 0.3) is 99.9 Å². The highest BCUT2D eigenvalue weighted by molar-refractivity contribution is 6.36. The lowest BCUT2D eigenvalue weighted by atomic mass is 9.98. The highest BCUT2D eigenvalue weighted by Crippen LogP contribution is 2.51. The molecule has 0 N–H and O–H groups in total. The van der Waals surface area contributed by atoms with Crippen LogP contribution in [0.1, 0.15) is 0 Å². The molecule has 10 aromatic carbocycles. The molecule has 0 fully saturated rings. The molecule has 340 valence electrons. The first-order valence-corrected chi connectivity index (χ1v) is 24.1. The summed E-state index contributed by atoms with van der Waals surface area (Å²) >= 11 is 0. The van der Waals surface area contributed by atoms with E-state index < -0.39 is 0 Å². The summed E-state index contributed by atoms with van der Waals surface area (Å²) in [5.41, 5.74) is 12.9. The molecule has 14 aromatic rings. The number of nitrogens with zero attached hydrogens (tertiary/aromatic N) is 2. The van der Waals surface area contributed by atoms with Gasteiger partial charge >= 0.3 is 0 Å². The monoisotopic (exact) mass is 926 g/mol. The van der Waals surface area contributed by atoms with Crippen LogP contribution in [0.15, 0.2) is 272 Å². The smallest absolute Gasteiger partial charge is 0.147 e. The number of anilines is 6. The Hall–Kier alpha value is -9.78. The molecule has 0 bridgehead atoms. The average Bonchev–Trinajstić information content (AvgIpc) is 4.29. The lowest BCUT2D eigenvalue weighted by molar-refractivity contribution is 0.620.